The summed E-state index contributed by atoms with van der Waals surface area (Å²) in [4.78, 5) is 25.9. The number of hydrogen-bond donors (Lipinski definition) is 5. The van der Waals surface area contributed by atoms with Gasteiger partial charge in [0.2, 0.25) is 0 Å². The molecule has 0 radical (unpaired) electrons. The van der Waals surface area contributed by atoms with Gasteiger partial charge < -0.3 is 32.2 Å². The largest absolute Gasteiger partial charge is 0.480 e. The molecule has 10 heteroatoms. The molecule has 0 saturated heterocycles. The zero-order valence-electron chi connectivity index (χ0n) is 17.5. The second kappa shape index (κ2) is 13.8. The van der Waals surface area contributed by atoms with Crippen molar-refractivity contribution in [3.8, 4) is 0 Å². The minimum atomic E-state index is -0.917. The van der Waals surface area contributed by atoms with Gasteiger partial charge in [-0.2, -0.15) is 0 Å². The normalized spacial score (nSPS) is 23.4. The van der Waals surface area contributed by atoms with E-state index in [1.54, 1.807) is 12.0 Å². The van der Waals surface area contributed by atoms with E-state index in [-0.39, 0.29) is 37.2 Å². The Morgan fingerprint density at radius 3 is 2.17 bits per heavy atom. The van der Waals surface area contributed by atoms with E-state index >= 15 is 0 Å². The summed E-state index contributed by atoms with van der Waals surface area (Å²) in [6.45, 7) is 2.29. The van der Waals surface area contributed by atoms with Gasteiger partial charge in [0.25, 0.3) is 0 Å². The summed E-state index contributed by atoms with van der Waals surface area (Å²) < 4.78 is 5.58. The standard InChI is InChI=1S/C19H39N5O5/c1-29-17-4-3-14(21)11-15(17)16(22)5-8-24(13-19(27)28)10-9-23(7-2-6-20)12-18(25)26/h14-17H,2-13,20-22H2,1H3,(H,25,26)(H,27,28). The Labute approximate surface area is 173 Å². The summed E-state index contributed by atoms with van der Waals surface area (Å²) >= 11 is 0. The van der Waals surface area contributed by atoms with Crippen LogP contribution in [0.2, 0.25) is 0 Å². The lowest BCUT2D eigenvalue weighted by Crippen LogP contribution is -2.48. The Hall–Kier alpha value is -1.30. The van der Waals surface area contributed by atoms with Crippen LogP contribution in [-0.2, 0) is 14.3 Å². The maximum Gasteiger partial charge on any atom is 0.317 e. The highest BCUT2D eigenvalue weighted by Gasteiger charge is 2.33. The van der Waals surface area contributed by atoms with E-state index in [2.05, 4.69) is 0 Å². The van der Waals surface area contributed by atoms with Crippen molar-refractivity contribution in [3.63, 3.8) is 0 Å². The first-order valence-electron chi connectivity index (χ1n) is 10.4. The number of nitrogens with two attached hydrogens (primary N) is 3. The van der Waals surface area contributed by atoms with Crippen LogP contribution >= 0.6 is 0 Å². The Kier molecular flexibility index (Phi) is 12.3. The fourth-order valence-corrected chi connectivity index (χ4v) is 4.02. The van der Waals surface area contributed by atoms with Gasteiger partial charge in [0.05, 0.1) is 19.2 Å². The van der Waals surface area contributed by atoms with Crippen LogP contribution in [0.1, 0.15) is 32.1 Å². The summed E-state index contributed by atoms with van der Waals surface area (Å²) in [6.07, 6.45) is 4.03. The van der Waals surface area contributed by atoms with Gasteiger partial charge in [-0.25, -0.2) is 0 Å². The van der Waals surface area contributed by atoms with Crippen LogP contribution in [0.5, 0.6) is 0 Å². The molecule has 170 valence electrons. The number of carbonyl (C=O) groups is 2. The average Bonchev–Trinajstić information content (AvgIpc) is 2.66. The van der Waals surface area contributed by atoms with E-state index in [1.165, 1.54) is 0 Å². The van der Waals surface area contributed by atoms with E-state index < -0.39 is 11.9 Å². The van der Waals surface area contributed by atoms with Crippen LogP contribution in [0.4, 0.5) is 0 Å². The molecule has 8 N–H and O–H groups in total. The Morgan fingerprint density at radius 1 is 1.07 bits per heavy atom. The van der Waals surface area contributed by atoms with Gasteiger partial charge in [-0.15, -0.1) is 0 Å². The molecule has 0 aromatic heterocycles. The lowest BCUT2D eigenvalue weighted by molar-refractivity contribution is -0.140. The zero-order valence-corrected chi connectivity index (χ0v) is 17.5. The fraction of sp³-hybridized carbons (Fsp3) is 0.895. The first kappa shape index (κ1) is 25.7. The molecule has 0 aliphatic heterocycles. The predicted molar refractivity (Wildman–Crippen MR) is 111 cm³/mol. The van der Waals surface area contributed by atoms with Crippen molar-refractivity contribution in [2.75, 3.05) is 52.9 Å². The predicted octanol–water partition coefficient (Wildman–Crippen LogP) is -1.03. The lowest BCUT2D eigenvalue weighted by Gasteiger charge is -2.38. The lowest BCUT2D eigenvalue weighted by atomic mass is 9.78. The van der Waals surface area contributed by atoms with Gasteiger partial charge in [0.15, 0.2) is 0 Å². The van der Waals surface area contributed by atoms with E-state index in [0.717, 1.165) is 19.3 Å². The minimum Gasteiger partial charge on any atom is -0.480 e. The second-order valence-corrected chi connectivity index (χ2v) is 7.95. The molecular weight excluding hydrogens is 378 g/mol. The molecule has 0 aromatic rings. The van der Waals surface area contributed by atoms with Crippen molar-refractivity contribution in [3.05, 3.63) is 0 Å². The number of carboxylic acids is 2. The quantitative estimate of drug-likeness (QED) is 0.222. The number of rotatable bonds is 15. The highest BCUT2D eigenvalue weighted by molar-refractivity contribution is 5.69. The smallest absolute Gasteiger partial charge is 0.317 e. The maximum absolute atomic E-state index is 11.3. The second-order valence-electron chi connectivity index (χ2n) is 7.95. The van der Waals surface area contributed by atoms with E-state index in [1.807, 2.05) is 4.90 Å². The third kappa shape index (κ3) is 10.3. The summed E-state index contributed by atoms with van der Waals surface area (Å²) in [7, 11) is 1.69. The molecule has 0 spiro atoms. The van der Waals surface area contributed by atoms with Gasteiger partial charge in [0, 0.05) is 44.7 Å². The van der Waals surface area contributed by atoms with Crippen LogP contribution in [0.3, 0.4) is 0 Å². The van der Waals surface area contributed by atoms with Gasteiger partial charge in [-0.05, 0) is 45.2 Å². The minimum absolute atomic E-state index is 0.0834. The van der Waals surface area contributed by atoms with E-state index in [4.69, 9.17) is 27.0 Å². The van der Waals surface area contributed by atoms with Crippen LogP contribution in [-0.4, -0.2) is 103 Å². The summed E-state index contributed by atoms with van der Waals surface area (Å²) in [5.74, 6) is -1.67. The van der Waals surface area contributed by atoms with E-state index in [0.29, 0.717) is 45.6 Å². The molecule has 1 rings (SSSR count). The average molecular weight is 418 g/mol. The molecule has 29 heavy (non-hydrogen) atoms. The van der Waals surface area contributed by atoms with Crippen LogP contribution in [0.25, 0.3) is 0 Å². The number of aliphatic carboxylic acids is 2. The molecule has 1 aliphatic rings. The molecule has 0 heterocycles. The molecule has 4 atom stereocenters. The Balaban J connectivity index is 2.60. The third-order valence-corrected chi connectivity index (χ3v) is 5.63. The van der Waals surface area contributed by atoms with Crippen molar-refractivity contribution in [2.45, 2.75) is 50.3 Å². The summed E-state index contributed by atoms with van der Waals surface area (Å²) in [6, 6.07) is -0.00495. The van der Waals surface area contributed by atoms with Crippen molar-refractivity contribution in [1.82, 2.24) is 9.80 Å². The fourth-order valence-electron chi connectivity index (χ4n) is 4.02. The number of hydrogen-bond acceptors (Lipinski definition) is 8. The number of methoxy groups -OCH3 is 1. The molecule has 0 bridgehead atoms. The molecule has 1 fully saturated rings. The van der Waals surface area contributed by atoms with Crippen molar-refractivity contribution < 1.29 is 24.5 Å². The van der Waals surface area contributed by atoms with Gasteiger partial charge in [-0.3, -0.25) is 19.4 Å². The van der Waals surface area contributed by atoms with Gasteiger partial charge >= 0.3 is 11.9 Å². The molecule has 4 unspecified atom stereocenters. The van der Waals surface area contributed by atoms with Crippen molar-refractivity contribution in [2.24, 2.45) is 23.1 Å². The highest BCUT2D eigenvalue weighted by Crippen LogP contribution is 2.29. The molecule has 0 amide bonds. The molecular formula is C19H39N5O5. The summed E-state index contributed by atoms with van der Waals surface area (Å²) in [5.41, 5.74) is 18.1. The number of ether oxygens (including phenoxy) is 1. The molecule has 10 nitrogen and oxygen atoms in total. The first-order chi connectivity index (χ1) is 13.8. The Bertz CT molecular complexity index is 496. The van der Waals surface area contributed by atoms with Crippen molar-refractivity contribution >= 4 is 11.9 Å². The summed E-state index contributed by atoms with van der Waals surface area (Å²) in [5, 5.41) is 18.3. The van der Waals surface area contributed by atoms with Crippen LogP contribution in [0, 0.1) is 5.92 Å². The SMILES string of the molecule is COC1CCC(N)CC1C(N)CCN(CCN(CCCN)CC(=O)O)CC(=O)O. The van der Waals surface area contributed by atoms with Crippen molar-refractivity contribution in [1.29, 1.82) is 0 Å². The molecule has 1 aliphatic carbocycles. The van der Waals surface area contributed by atoms with E-state index in [9.17, 15) is 14.7 Å². The van der Waals surface area contributed by atoms with Gasteiger partial charge in [0.1, 0.15) is 0 Å². The Morgan fingerprint density at radius 2 is 1.66 bits per heavy atom. The monoisotopic (exact) mass is 417 g/mol. The zero-order chi connectivity index (χ0) is 21.8. The van der Waals surface area contributed by atoms with Crippen LogP contribution < -0.4 is 17.2 Å². The maximum atomic E-state index is 11.3. The number of carboxylic acid groups (broad SMARTS) is 2. The topological polar surface area (TPSA) is 168 Å². The first-order valence-corrected chi connectivity index (χ1v) is 10.4. The molecule has 0 aromatic carbocycles. The van der Waals surface area contributed by atoms with Crippen LogP contribution in [0.15, 0.2) is 0 Å². The molecule has 1 saturated carbocycles. The van der Waals surface area contributed by atoms with Gasteiger partial charge in [-0.1, -0.05) is 0 Å². The third-order valence-electron chi connectivity index (χ3n) is 5.63. The highest BCUT2D eigenvalue weighted by atomic mass is 16.5. The number of nitrogens with zero attached hydrogens (tertiary/aromatic N) is 2.